The van der Waals surface area contributed by atoms with E-state index in [4.69, 9.17) is 6.85 Å². The molecule has 2 heteroatoms. The molecule has 0 amide bonds. The largest absolute Gasteiger partial charge is 0.310 e. The molecule has 0 atom stereocenters. The molecule has 0 aliphatic heterocycles. The molecule has 9 aromatic rings. The van der Waals surface area contributed by atoms with E-state index in [2.05, 4.69) is 0 Å². The van der Waals surface area contributed by atoms with Crippen LogP contribution in [-0.2, 0) is 0 Å². The van der Waals surface area contributed by atoms with E-state index in [9.17, 15) is 4.11 Å². The monoisotopic (exact) mass is 637 g/mol. The van der Waals surface area contributed by atoms with Gasteiger partial charge in [-0.2, -0.15) is 0 Å². The summed E-state index contributed by atoms with van der Waals surface area (Å²) in [6, 6.07) is 43.1. The van der Waals surface area contributed by atoms with E-state index in [1.54, 1.807) is 0 Å². The molecule has 9 rings (SSSR count). The van der Waals surface area contributed by atoms with Gasteiger partial charge in [-0.3, -0.25) is 0 Å². The zero-order valence-corrected chi connectivity index (χ0v) is 26.5. The SMILES string of the molecule is [2H]c1c([2H])c(N(c2ccc(-c3ccccc3)cc2)c2ccc(-c3ccccc3)cc2)c2c(sc3c4c([2H])c([2H])c([2H])c([2H])c4c(-c4ccccc4)c([2H])c32)c1[2H]. The fraction of sp³-hybridized carbons (Fsp3) is 0. The van der Waals surface area contributed by atoms with E-state index in [1.165, 1.54) is 0 Å². The molecule has 0 spiro atoms. The highest BCUT2D eigenvalue weighted by Crippen LogP contribution is 2.48. The van der Waals surface area contributed by atoms with Crippen LogP contribution < -0.4 is 4.90 Å². The molecule has 0 N–H and O–H groups in total. The fourth-order valence-electron chi connectivity index (χ4n) is 6.37. The van der Waals surface area contributed by atoms with Gasteiger partial charge in [0.25, 0.3) is 0 Å². The highest BCUT2D eigenvalue weighted by molar-refractivity contribution is 7.26. The van der Waals surface area contributed by atoms with Gasteiger partial charge in [-0.25, -0.2) is 0 Å². The average molecular weight is 638 g/mol. The second-order valence-corrected chi connectivity index (χ2v) is 12.5. The third kappa shape index (κ3) is 4.95. The van der Waals surface area contributed by atoms with E-state index in [-0.39, 0.29) is 47.0 Å². The van der Waals surface area contributed by atoms with Crippen LogP contribution in [0.1, 0.15) is 11.0 Å². The fourth-order valence-corrected chi connectivity index (χ4v) is 7.49. The molecule has 226 valence electrons. The van der Waals surface area contributed by atoms with Crippen LogP contribution in [0.5, 0.6) is 0 Å². The first-order valence-electron chi connectivity index (χ1n) is 19.7. The van der Waals surface area contributed by atoms with Gasteiger partial charge in [0.05, 0.1) is 16.7 Å². The maximum atomic E-state index is 9.90. The molecule has 0 aliphatic rings. The van der Waals surface area contributed by atoms with Crippen LogP contribution in [0, 0.1) is 0 Å². The molecule has 48 heavy (non-hydrogen) atoms. The first-order valence-corrected chi connectivity index (χ1v) is 16.5. The Labute approximate surface area is 295 Å². The van der Waals surface area contributed by atoms with E-state index in [0.717, 1.165) is 33.6 Å². The molecule has 0 unspecified atom stereocenters. The summed E-state index contributed by atoms with van der Waals surface area (Å²) in [5, 5.41) is 1.25. The first kappa shape index (κ1) is 21.0. The zero-order valence-electron chi connectivity index (χ0n) is 33.6. The zero-order chi connectivity index (χ0) is 38.8. The van der Waals surface area contributed by atoms with Crippen molar-refractivity contribution in [3.8, 4) is 33.4 Å². The van der Waals surface area contributed by atoms with Gasteiger partial charge >= 0.3 is 0 Å². The lowest BCUT2D eigenvalue weighted by molar-refractivity contribution is 1.30. The molecule has 0 radical (unpaired) electrons. The van der Waals surface area contributed by atoms with Crippen molar-refractivity contribution in [3.05, 3.63) is 188 Å². The van der Waals surface area contributed by atoms with E-state index in [1.807, 2.05) is 144 Å². The smallest absolute Gasteiger partial charge is 0.0645 e. The number of nitrogens with zero attached hydrogens (tertiary/aromatic N) is 1. The number of anilines is 3. The Hall–Kier alpha value is -5.96. The van der Waals surface area contributed by atoms with Gasteiger partial charge in [-0.05, 0) is 81.2 Å². The molecule has 0 bridgehead atoms. The van der Waals surface area contributed by atoms with Crippen LogP contribution in [-0.4, -0.2) is 0 Å². The Bertz CT molecular complexity index is 2890. The minimum absolute atomic E-state index is 0.0200. The highest BCUT2D eigenvalue weighted by atomic mass is 32.1. The molecule has 0 aliphatic carbocycles. The number of rotatable bonds is 6. The molecule has 0 saturated heterocycles. The van der Waals surface area contributed by atoms with Gasteiger partial charge in [0.15, 0.2) is 0 Å². The van der Waals surface area contributed by atoms with E-state index >= 15 is 0 Å². The Morgan fingerprint density at radius 1 is 0.438 bits per heavy atom. The topological polar surface area (TPSA) is 3.24 Å². The number of hydrogen-bond donors (Lipinski definition) is 0. The quantitative estimate of drug-likeness (QED) is 0.175. The van der Waals surface area contributed by atoms with Crippen LogP contribution >= 0.6 is 11.3 Å². The summed E-state index contributed by atoms with van der Waals surface area (Å²) < 4.78 is 74.0. The predicted molar refractivity (Wildman–Crippen MR) is 208 cm³/mol. The summed E-state index contributed by atoms with van der Waals surface area (Å²) in [7, 11) is 0. The molecule has 0 fully saturated rings. The molecule has 1 aromatic heterocycles. The maximum Gasteiger partial charge on any atom is 0.0645 e. The first-order chi connectivity index (χ1) is 27.2. The summed E-state index contributed by atoms with van der Waals surface area (Å²) >= 11 is 1.13. The summed E-state index contributed by atoms with van der Waals surface area (Å²) in [5.41, 5.74) is 6.72. The molecule has 1 heterocycles. The molecule has 0 saturated carbocycles. The molecule has 8 aromatic carbocycles. The van der Waals surface area contributed by atoms with Crippen molar-refractivity contribution in [1.29, 1.82) is 0 Å². The summed E-state index contributed by atoms with van der Waals surface area (Å²) in [6.45, 7) is 0. The Balaban J connectivity index is 1.42. The Morgan fingerprint density at radius 3 is 1.50 bits per heavy atom. The average Bonchev–Trinajstić information content (AvgIpc) is 3.64. The number of benzene rings is 8. The third-order valence-corrected chi connectivity index (χ3v) is 9.79. The Morgan fingerprint density at radius 2 is 0.938 bits per heavy atom. The minimum atomic E-state index is -0.398. The van der Waals surface area contributed by atoms with Crippen LogP contribution in [0.3, 0.4) is 0 Å². The number of thiophene rings is 1. The normalized spacial score (nSPS) is 13.7. The second-order valence-electron chi connectivity index (χ2n) is 11.5. The van der Waals surface area contributed by atoms with Crippen LogP contribution in [0.15, 0.2) is 188 Å². The van der Waals surface area contributed by atoms with Gasteiger partial charge in [0.1, 0.15) is 0 Å². The van der Waals surface area contributed by atoms with Gasteiger partial charge in [0.2, 0.25) is 0 Å². The van der Waals surface area contributed by atoms with Crippen molar-refractivity contribution >= 4 is 59.3 Å². The van der Waals surface area contributed by atoms with Gasteiger partial charge in [-0.1, -0.05) is 145 Å². The standard InChI is InChI=1S/C46H31NS/c1-4-13-32(14-5-1)34-23-27-37(28-24-34)47(38-29-25-35(26-30-38)33-15-6-2-7-16-33)43-21-12-22-44-45(43)42-31-41(36-17-8-3-9-18-36)39-19-10-11-20-40(39)46(42)48-44/h1-31H/i10D,11D,12D,19D,20D,21D,22D,31D. The van der Waals surface area contributed by atoms with Crippen molar-refractivity contribution in [2.75, 3.05) is 4.90 Å². The van der Waals surface area contributed by atoms with Crippen molar-refractivity contribution in [3.63, 3.8) is 0 Å². The van der Waals surface area contributed by atoms with E-state index in [0.29, 0.717) is 48.4 Å². The Kier molecular flexibility index (Phi) is 5.26. The van der Waals surface area contributed by atoms with Crippen molar-refractivity contribution < 1.29 is 11.0 Å². The van der Waals surface area contributed by atoms with Crippen molar-refractivity contribution in [2.24, 2.45) is 0 Å². The summed E-state index contributed by atoms with van der Waals surface area (Å²) in [6.07, 6.45) is 0. The van der Waals surface area contributed by atoms with Gasteiger partial charge < -0.3 is 4.90 Å². The number of hydrogen-bond acceptors (Lipinski definition) is 2. The predicted octanol–water partition coefficient (Wildman–Crippen LogP) is 13.7. The van der Waals surface area contributed by atoms with Crippen LogP contribution in [0.25, 0.3) is 64.3 Å². The second kappa shape index (κ2) is 12.0. The van der Waals surface area contributed by atoms with Crippen LogP contribution in [0.4, 0.5) is 17.1 Å². The highest BCUT2D eigenvalue weighted by Gasteiger charge is 2.21. The van der Waals surface area contributed by atoms with Gasteiger partial charge in [-0.15, -0.1) is 11.3 Å². The van der Waals surface area contributed by atoms with Gasteiger partial charge in [0, 0.05) is 36.9 Å². The number of fused-ring (bicyclic) bond motifs is 5. The lowest BCUT2D eigenvalue weighted by Gasteiger charge is -2.27. The van der Waals surface area contributed by atoms with E-state index < -0.39 is 12.1 Å². The summed E-state index contributed by atoms with van der Waals surface area (Å²) in [5.74, 6) is 0. The molecular formula is C46H31NS. The molecule has 1 nitrogen and oxygen atoms in total. The lowest BCUT2D eigenvalue weighted by atomic mass is 9.95. The summed E-state index contributed by atoms with van der Waals surface area (Å²) in [4.78, 5) is 1.91. The minimum Gasteiger partial charge on any atom is -0.310 e. The lowest BCUT2D eigenvalue weighted by Crippen LogP contribution is -2.10. The van der Waals surface area contributed by atoms with Crippen molar-refractivity contribution in [2.45, 2.75) is 0 Å². The third-order valence-electron chi connectivity index (χ3n) is 8.67. The van der Waals surface area contributed by atoms with Crippen LogP contribution in [0.2, 0.25) is 0 Å². The maximum absolute atomic E-state index is 9.90. The molecular weight excluding hydrogens is 599 g/mol. The van der Waals surface area contributed by atoms with Crippen molar-refractivity contribution in [1.82, 2.24) is 0 Å².